The van der Waals surface area contributed by atoms with E-state index in [4.69, 9.17) is 0 Å². The van der Waals surface area contributed by atoms with Gasteiger partial charge in [-0.05, 0) is 32.4 Å². The molecule has 0 aromatic carbocycles. The highest BCUT2D eigenvalue weighted by Gasteiger charge is 2.12. The van der Waals surface area contributed by atoms with Crippen molar-refractivity contribution in [2.24, 2.45) is 0 Å². The summed E-state index contributed by atoms with van der Waals surface area (Å²) < 4.78 is 0. The normalized spacial score (nSPS) is 11.9. The van der Waals surface area contributed by atoms with Gasteiger partial charge in [0.2, 0.25) is 0 Å². The molecule has 0 radical (unpaired) electrons. The molecule has 0 saturated carbocycles. The zero-order chi connectivity index (χ0) is 11.1. The number of carbonyl (C=O) groups excluding carboxylic acids is 1. The zero-order valence-electron chi connectivity index (χ0n) is 9.50. The van der Waals surface area contributed by atoms with Gasteiger partial charge in [-0.15, -0.1) is 0 Å². The molecule has 78 valence electrons. The van der Waals surface area contributed by atoms with E-state index in [0.717, 1.165) is 5.57 Å². The second-order valence-electron chi connectivity index (χ2n) is 3.21. The van der Waals surface area contributed by atoms with Crippen LogP contribution in [0, 0.1) is 0 Å². The third-order valence-electron chi connectivity index (χ3n) is 1.97. The van der Waals surface area contributed by atoms with Crippen molar-refractivity contribution in [2.45, 2.75) is 20.8 Å². The molecular formula is C12H19NO. The summed E-state index contributed by atoms with van der Waals surface area (Å²) in [5.74, 6) is 0.0260. The first kappa shape index (κ1) is 12.7. The molecule has 0 atom stereocenters. The summed E-state index contributed by atoms with van der Waals surface area (Å²) in [6.07, 6.45) is 5.55. The summed E-state index contributed by atoms with van der Waals surface area (Å²) in [5.41, 5.74) is 1.47. The Labute approximate surface area is 86.6 Å². The minimum Gasteiger partial charge on any atom is -0.342 e. The number of hydrogen-bond donors (Lipinski definition) is 0. The van der Waals surface area contributed by atoms with E-state index in [-0.39, 0.29) is 5.91 Å². The highest BCUT2D eigenvalue weighted by molar-refractivity contribution is 5.97. The molecule has 0 N–H and O–H groups in total. The minimum absolute atomic E-state index is 0.0260. The number of nitrogens with zero attached hydrogens (tertiary/aromatic N) is 1. The van der Waals surface area contributed by atoms with Gasteiger partial charge in [-0.2, -0.15) is 0 Å². The lowest BCUT2D eigenvalue weighted by Gasteiger charge is -2.16. The third kappa shape index (κ3) is 3.60. The molecule has 14 heavy (non-hydrogen) atoms. The number of carbonyl (C=O) groups is 1. The minimum atomic E-state index is 0.0260. The predicted octanol–water partition coefficient (Wildman–Crippen LogP) is 2.54. The smallest absolute Gasteiger partial charge is 0.253 e. The number of hydrogen-bond acceptors (Lipinski definition) is 1. The highest BCUT2D eigenvalue weighted by atomic mass is 16.2. The first-order chi connectivity index (χ1) is 6.54. The van der Waals surface area contributed by atoms with Gasteiger partial charge in [-0.3, -0.25) is 4.79 Å². The molecule has 0 bridgehead atoms. The molecule has 0 aliphatic carbocycles. The Morgan fingerprint density at radius 3 is 2.43 bits per heavy atom. The van der Waals surface area contributed by atoms with E-state index < -0.39 is 0 Å². The summed E-state index contributed by atoms with van der Waals surface area (Å²) in [6.45, 7) is 10.2. The summed E-state index contributed by atoms with van der Waals surface area (Å²) in [6, 6.07) is 0. The molecule has 0 aliphatic heterocycles. The van der Waals surface area contributed by atoms with Gasteiger partial charge in [0.25, 0.3) is 5.91 Å². The van der Waals surface area contributed by atoms with Crippen molar-refractivity contribution in [3.63, 3.8) is 0 Å². The molecule has 0 heterocycles. The first-order valence-corrected chi connectivity index (χ1v) is 4.78. The van der Waals surface area contributed by atoms with Crippen molar-refractivity contribution >= 4 is 5.91 Å². The van der Waals surface area contributed by atoms with Crippen LogP contribution in [0.2, 0.25) is 0 Å². The van der Waals surface area contributed by atoms with Gasteiger partial charge < -0.3 is 4.90 Å². The molecule has 0 rings (SSSR count). The van der Waals surface area contributed by atoms with Crippen LogP contribution in [0.5, 0.6) is 0 Å². The average Bonchev–Trinajstić information content (AvgIpc) is 2.16. The van der Waals surface area contributed by atoms with Gasteiger partial charge >= 0.3 is 0 Å². The van der Waals surface area contributed by atoms with Crippen molar-refractivity contribution in [3.8, 4) is 0 Å². The van der Waals surface area contributed by atoms with Crippen molar-refractivity contribution in [1.82, 2.24) is 4.90 Å². The maximum Gasteiger partial charge on any atom is 0.253 e. The lowest BCUT2D eigenvalue weighted by Crippen LogP contribution is -2.27. The van der Waals surface area contributed by atoms with Gasteiger partial charge in [0, 0.05) is 19.2 Å². The molecule has 0 aliphatic rings. The molecule has 0 unspecified atom stereocenters. The van der Waals surface area contributed by atoms with E-state index >= 15 is 0 Å². The van der Waals surface area contributed by atoms with Crippen LogP contribution in [0.25, 0.3) is 0 Å². The molecule has 0 spiro atoms. The van der Waals surface area contributed by atoms with Crippen LogP contribution < -0.4 is 0 Å². The van der Waals surface area contributed by atoms with Crippen LogP contribution in [0.3, 0.4) is 0 Å². The Kier molecular flexibility index (Phi) is 5.61. The van der Waals surface area contributed by atoms with Gasteiger partial charge in [-0.25, -0.2) is 0 Å². The Bertz CT molecular complexity index is 274. The first-order valence-electron chi connectivity index (χ1n) is 4.78. The van der Waals surface area contributed by atoms with Crippen LogP contribution >= 0.6 is 0 Å². The molecule has 0 saturated heterocycles. The van der Waals surface area contributed by atoms with Crippen LogP contribution in [-0.2, 0) is 4.79 Å². The maximum absolute atomic E-state index is 11.8. The van der Waals surface area contributed by atoms with E-state index in [1.54, 1.807) is 18.0 Å². The second kappa shape index (κ2) is 6.19. The van der Waals surface area contributed by atoms with Crippen molar-refractivity contribution in [2.75, 3.05) is 13.6 Å². The fourth-order valence-corrected chi connectivity index (χ4v) is 0.938. The lowest BCUT2D eigenvalue weighted by atomic mass is 10.1. The van der Waals surface area contributed by atoms with E-state index in [1.807, 2.05) is 32.9 Å². The Morgan fingerprint density at radius 2 is 2.07 bits per heavy atom. The molecule has 0 aromatic heterocycles. The zero-order valence-corrected chi connectivity index (χ0v) is 9.50. The number of rotatable bonds is 4. The van der Waals surface area contributed by atoms with Crippen molar-refractivity contribution < 1.29 is 4.79 Å². The maximum atomic E-state index is 11.8. The monoisotopic (exact) mass is 193 g/mol. The number of allylic oxidation sites excluding steroid dienone is 3. The fraction of sp³-hybridized carbons (Fsp3) is 0.417. The van der Waals surface area contributed by atoms with Crippen LogP contribution in [0.1, 0.15) is 20.8 Å². The molecule has 1 amide bonds. The third-order valence-corrected chi connectivity index (χ3v) is 1.97. The van der Waals surface area contributed by atoms with Gasteiger partial charge in [0.1, 0.15) is 0 Å². The predicted molar refractivity (Wildman–Crippen MR) is 61.0 cm³/mol. The van der Waals surface area contributed by atoms with Crippen LogP contribution in [0.15, 0.2) is 36.0 Å². The van der Waals surface area contributed by atoms with Gasteiger partial charge in [-0.1, -0.05) is 18.7 Å². The van der Waals surface area contributed by atoms with E-state index in [1.165, 1.54) is 0 Å². The molecular weight excluding hydrogens is 174 g/mol. The molecule has 2 nitrogen and oxygen atoms in total. The lowest BCUT2D eigenvalue weighted by molar-refractivity contribution is -0.125. The summed E-state index contributed by atoms with van der Waals surface area (Å²) in [5, 5.41) is 0. The summed E-state index contributed by atoms with van der Waals surface area (Å²) in [4.78, 5) is 13.5. The second-order valence-corrected chi connectivity index (χ2v) is 3.21. The van der Waals surface area contributed by atoms with Crippen molar-refractivity contribution in [3.05, 3.63) is 36.0 Å². The summed E-state index contributed by atoms with van der Waals surface area (Å²) in [7, 11) is 1.79. The molecule has 0 aromatic rings. The van der Waals surface area contributed by atoms with Gasteiger partial charge in [0.05, 0.1) is 0 Å². The summed E-state index contributed by atoms with van der Waals surface area (Å²) >= 11 is 0. The number of amides is 1. The Morgan fingerprint density at radius 1 is 1.50 bits per heavy atom. The average molecular weight is 193 g/mol. The topological polar surface area (TPSA) is 20.3 Å². The number of likely N-dealkylation sites (N-methyl/N-ethyl adjacent to an activating group) is 1. The molecule has 2 heteroatoms. The highest BCUT2D eigenvalue weighted by Crippen LogP contribution is 2.10. The van der Waals surface area contributed by atoms with Crippen LogP contribution in [0.4, 0.5) is 0 Å². The Balaban J connectivity index is 4.84. The standard InChI is InChI=1S/C12H19NO/c1-6-8-9-11(10(3)4)12(14)13(5)7-2/h6,8-9H,3,7H2,1-2,4-5H3/b8-6-,11-9+. The van der Waals surface area contributed by atoms with E-state index in [0.29, 0.717) is 12.1 Å². The van der Waals surface area contributed by atoms with Crippen molar-refractivity contribution in [1.29, 1.82) is 0 Å². The quantitative estimate of drug-likeness (QED) is 0.496. The van der Waals surface area contributed by atoms with E-state index in [2.05, 4.69) is 6.58 Å². The van der Waals surface area contributed by atoms with Gasteiger partial charge in [0.15, 0.2) is 0 Å². The van der Waals surface area contributed by atoms with E-state index in [9.17, 15) is 4.79 Å². The van der Waals surface area contributed by atoms with Crippen LogP contribution in [-0.4, -0.2) is 24.4 Å². The largest absolute Gasteiger partial charge is 0.342 e. The fourth-order valence-electron chi connectivity index (χ4n) is 0.938. The Hall–Kier alpha value is -1.31. The SMILES string of the molecule is C=C(C)/C(=C\C=C/C)C(=O)N(C)CC. The molecule has 0 fully saturated rings.